The second-order valence-electron chi connectivity index (χ2n) is 11.9. The SMILES string of the molecule is COCOC1C[C@@H]2CC(=O)CC[C@]2(C)C2CC[C@@]3(C)C(CC[C@@H]3[C@H](C)CCC(=O)OC)C12. The lowest BCUT2D eigenvalue weighted by atomic mass is 9.43. The number of hydrogen-bond acceptors (Lipinski definition) is 5. The minimum Gasteiger partial charge on any atom is -0.469 e. The Hall–Kier alpha value is -0.940. The monoisotopic (exact) mass is 448 g/mol. The van der Waals surface area contributed by atoms with E-state index >= 15 is 0 Å². The molecule has 4 aliphatic carbocycles. The molecular formula is C27H44O5. The summed E-state index contributed by atoms with van der Waals surface area (Å²) < 4.78 is 16.6. The van der Waals surface area contributed by atoms with E-state index in [9.17, 15) is 9.59 Å². The normalized spacial score (nSPS) is 44.3. The Morgan fingerprint density at radius 2 is 1.84 bits per heavy atom. The molecule has 0 aromatic rings. The molecule has 0 aromatic carbocycles. The van der Waals surface area contributed by atoms with Crippen LogP contribution in [0.25, 0.3) is 0 Å². The molecule has 4 saturated carbocycles. The summed E-state index contributed by atoms with van der Waals surface area (Å²) in [6.07, 6.45) is 10.2. The quantitative estimate of drug-likeness (QED) is 0.385. The van der Waals surface area contributed by atoms with E-state index in [1.54, 1.807) is 7.11 Å². The highest BCUT2D eigenvalue weighted by Crippen LogP contribution is 2.68. The van der Waals surface area contributed by atoms with Gasteiger partial charge in [0.05, 0.1) is 13.2 Å². The summed E-state index contributed by atoms with van der Waals surface area (Å²) in [4.78, 5) is 24.1. The highest BCUT2D eigenvalue weighted by molar-refractivity contribution is 5.79. The van der Waals surface area contributed by atoms with Gasteiger partial charge in [0.15, 0.2) is 0 Å². The van der Waals surface area contributed by atoms with Crippen molar-refractivity contribution >= 4 is 11.8 Å². The van der Waals surface area contributed by atoms with Gasteiger partial charge >= 0.3 is 5.97 Å². The number of fused-ring (bicyclic) bond motifs is 5. The average Bonchev–Trinajstić information content (AvgIpc) is 3.13. The summed E-state index contributed by atoms with van der Waals surface area (Å²) >= 11 is 0. The Balaban J connectivity index is 1.58. The zero-order valence-electron chi connectivity index (χ0n) is 20.9. The summed E-state index contributed by atoms with van der Waals surface area (Å²) in [5.74, 6) is 3.83. The number of methoxy groups -OCH3 is 2. The van der Waals surface area contributed by atoms with Gasteiger partial charge in [-0.15, -0.1) is 0 Å². The third-order valence-electron chi connectivity index (χ3n) is 10.7. The van der Waals surface area contributed by atoms with Crippen LogP contribution >= 0.6 is 0 Å². The molecule has 0 saturated heterocycles. The maximum absolute atomic E-state index is 12.3. The van der Waals surface area contributed by atoms with Gasteiger partial charge in [-0.2, -0.15) is 0 Å². The molecule has 4 fully saturated rings. The number of rotatable bonds is 7. The summed E-state index contributed by atoms with van der Waals surface area (Å²) in [6.45, 7) is 7.71. The highest BCUT2D eigenvalue weighted by Gasteiger charge is 2.63. The lowest BCUT2D eigenvalue weighted by molar-refractivity contribution is -0.201. The first-order valence-electron chi connectivity index (χ1n) is 12.9. The second-order valence-corrected chi connectivity index (χ2v) is 11.9. The van der Waals surface area contributed by atoms with E-state index in [1.807, 2.05) is 0 Å². The van der Waals surface area contributed by atoms with Crippen molar-refractivity contribution in [2.24, 2.45) is 46.3 Å². The molecule has 0 amide bonds. The molecule has 0 heterocycles. The number of carbonyl (C=O) groups is 2. The van der Waals surface area contributed by atoms with Crippen molar-refractivity contribution in [3.8, 4) is 0 Å². The van der Waals surface area contributed by atoms with Gasteiger partial charge in [-0.25, -0.2) is 0 Å². The molecule has 0 aliphatic heterocycles. The van der Waals surface area contributed by atoms with Gasteiger partial charge in [-0.05, 0) is 91.3 Å². The van der Waals surface area contributed by atoms with Crippen LogP contribution < -0.4 is 0 Å². The molecule has 5 heteroatoms. The van der Waals surface area contributed by atoms with E-state index in [-0.39, 0.29) is 17.5 Å². The van der Waals surface area contributed by atoms with Crippen molar-refractivity contribution in [3.63, 3.8) is 0 Å². The predicted octanol–water partition coefficient (Wildman–Crippen LogP) is 5.40. The van der Waals surface area contributed by atoms with E-state index in [0.717, 1.165) is 32.1 Å². The molecule has 0 spiro atoms. The van der Waals surface area contributed by atoms with Gasteiger partial charge in [-0.1, -0.05) is 20.8 Å². The first-order chi connectivity index (χ1) is 15.2. The van der Waals surface area contributed by atoms with E-state index in [4.69, 9.17) is 14.2 Å². The number of ketones is 1. The molecule has 4 aliphatic rings. The van der Waals surface area contributed by atoms with E-state index in [2.05, 4.69) is 20.8 Å². The summed E-state index contributed by atoms with van der Waals surface area (Å²) in [5, 5.41) is 0. The van der Waals surface area contributed by atoms with Crippen LogP contribution in [0.5, 0.6) is 0 Å². The third-order valence-corrected chi connectivity index (χ3v) is 10.7. The number of esters is 1. The maximum Gasteiger partial charge on any atom is 0.305 e. The van der Waals surface area contributed by atoms with E-state index in [0.29, 0.717) is 59.9 Å². The minimum absolute atomic E-state index is 0.0913. The van der Waals surface area contributed by atoms with Gasteiger partial charge in [0.2, 0.25) is 0 Å². The zero-order valence-corrected chi connectivity index (χ0v) is 20.9. The number of carbonyl (C=O) groups excluding carboxylic acids is 2. The average molecular weight is 449 g/mol. The largest absolute Gasteiger partial charge is 0.469 e. The van der Waals surface area contributed by atoms with Crippen molar-refractivity contribution in [1.82, 2.24) is 0 Å². The van der Waals surface area contributed by atoms with Crippen LogP contribution in [0.15, 0.2) is 0 Å². The molecule has 0 bridgehead atoms. The molecule has 5 nitrogen and oxygen atoms in total. The predicted molar refractivity (Wildman–Crippen MR) is 123 cm³/mol. The van der Waals surface area contributed by atoms with E-state index < -0.39 is 0 Å². The fourth-order valence-electron chi connectivity index (χ4n) is 8.94. The van der Waals surface area contributed by atoms with Gasteiger partial charge < -0.3 is 14.2 Å². The Morgan fingerprint density at radius 3 is 2.56 bits per heavy atom. The Bertz CT molecular complexity index is 706. The lowest BCUT2D eigenvalue weighted by Gasteiger charge is -2.62. The van der Waals surface area contributed by atoms with Crippen LogP contribution in [0.4, 0.5) is 0 Å². The molecule has 4 unspecified atom stereocenters. The number of hydrogen-bond donors (Lipinski definition) is 0. The molecule has 0 N–H and O–H groups in total. The Labute approximate surface area is 194 Å². The topological polar surface area (TPSA) is 61.8 Å². The van der Waals surface area contributed by atoms with Crippen molar-refractivity contribution in [1.29, 1.82) is 0 Å². The summed E-state index contributed by atoms with van der Waals surface area (Å²) in [5.41, 5.74) is 0.570. The zero-order chi connectivity index (χ0) is 23.1. The first kappa shape index (κ1) is 24.2. The first-order valence-corrected chi connectivity index (χ1v) is 12.9. The summed E-state index contributed by atoms with van der Waals surface area (Å²) in [7, 11) is 3.19. The number of Topliss-reactive ketones (excluding diaryl/α,β-unsaturated/α-hetero) is 1. The Kier molecular flexibility index (Phi) is 7.08. The standard InChI is InChI=1S/C27H44O5/c1-17(6-9-24(29)31-5)20-7-8-21-25-22(11-13-27(20,21)3)26(2)12-10-19(28)14-18(26)15-23(25)32-16-30-4/h17-18,20-23,25H,6-16H2,1-5H3/t17-,18+,20-,21?,22?,23?,25?,26+,27-/m1/s1. The van der Waals surface area contributed by atoms with Crippen LogP contribution in [-0.4, -0.2) is 38.9 Å². The highest BCUT2D eigenvalue weighted by atomic mass is 16.7. The Morgan fingerprint density at radius 1 is 1.09 bits per heavy atom. The smallest absolute Gasteiger partial charge is 0.305 e. The van der Waals surface area contributed by atoms with Gasteiger partial charge in [0.1, 0.15) is 12.6 Å². The minimum atomic E-state index is -0.0913. The summed E-state index contributed by atoms with van der Waals surface area (Å²) in [6, 6.07) is 0. The fraction of sp³-hybridized carbons (Fsp3) is 0.926. The van der Waals surface area contributed by atoms with Crippen LogP contribution in [0.2, 0.25) is 0 Å². The molecule has 182 valence electrons. The third kappa shape index (κ3) is 4.06. The van der Waals surface area contributed by atoms with E-state index in [1.165, 1.54) is 32.8 Å². The van der Waals surface area contributed by atoms with Crippen LogP contribution in [0.3, 0.4) is 0 Å². The van der Waals surface area contributed by atoms with Crippen molar-refractivity contribution in [3.05, 3.63) is 0 Å². The molecule has 0 aromatic heterocycles. The molecule has 9 atom stereocenters. The van der Waals surface area contributed by atoms with Crippen LogP contribution in [0.1, 0.15) is 85.0 Å². The fourth-order valence-corrected chi connectivity index (χ4v) is 8.94. The van der Waals surface area contributed by atoms with Crippen LogP contribution in [-0.2, 0) is 23.8 Å². The lowest BCUT2D eigenvalue weighted by Crippen LogP contribution is -2.59. The van der Waals surface area contributed by atoms with Gasteiger partial charge in [0, 0.05) is 26.4 Å². The molecule has 4 rings (SSSR count). The maximum atomic E-state index is 12.3. The van der Waals surface area contributed by atoms with Crippen LogP contribution in [0, 0.1) is 46.3 Å². The van der Waals surface area contributed by atoms with Crippen molar-refractivity contribution < 1.29 is 23.8 Å². The molecule has 32 heavy (non-hydrogen) atoms. The second kappa shape index (κ2) is 9.37. The van der Waals surface area contributed by atoms with Gasteiger partial charge in [0.25, 0.3) is 0 Å². The van der Waals surface area contributed by atoms with Gasteiger partial charge in [-0.3, -0.25) is 9.59 Å². The molecule has 0 radical (unpaired) electrons. The molecular weight excluding hydrogens is 404 g/mol. The van der Waals surface area contributed by atoms with Crippen molar-refractivity contribution in [2.75, 3.05) is 21.0 Å². The van der Waals surface area contributed by atoms with Crippen molar-refractivity contribution in [2.45, 2.75) is 91.1 Å². The number of ether oxygens (including phenoxy) is 3.